The van der Waals surface area contributed by atoms with Gasteiger partial charge in [-0.15, -0.1) is 0 Å². The maximum absolute atomic E-state index is 15.1. The number of hydrazine groups is 1. The molecule has 4 rings (SSSR count). The third kappa shape index (κ3) is 10.3. The van der Waals surface area contributed by atoms with E-state index in [0.29, 0.717) is 16.0 Å². The Morgan fingerprint density at radius 2 is 1.68 bits per heavy atom. The highest BCUT2D eigenvalue weighted by molar-refractivity contribution is 5.93. The van der Waals surface area contributed by atoms with Crippen LogP contribution in [0.2, 0.25) is 0 Å². The lowest BCUT2D eigenvalue weighted by Gasteiger charge is -2.36. The van der Waals surface area contributed by atoms with Gasteiger partial charge in [-0.3, -0.25) is 24.5 Å². The van der Waals surface area contributed by atoms with Gasteiger partial charge in [0.1, 0.15) is 6.04 Å². The Hall–Kier alpha value is -5.90. The molecule has 0 aliphatic carbocycles. The number of benzene rings is 3. The van der Waals surface area contributed by atoms with Gasteiger partial charge in [0, 0.05) is 36.9 Å². The number of alkyl halides is 3. The fourth-order valence-electron chi connectivity index (χ4n) is 5.32. The van der Waals surface area contributed by atoms with Crippen LogP contribution in [0.15, 0.2) is 79.1 Å². The van der Waals surface area contributed by atoms with E-state index >= 15 is 4.79 Å². The molecular weight excluding hydrogens is 699 g/mol. The summed E-state index contributed by atoms with van der Waals surface area (Å²) in [7, 11) is 0. The molecule has 2 unspecified atom stereocenters. The first-order valence-electron chi connectivity index (χ1n) is 16.5. The van der Waals surface area contributed by atoms with Crippen molar-refractivity contribution in [2.24, 2.45) is 5.84 Å². The number of fused-ring (bicyclic) bond motifs is 1. The van der Waals surface area contributed by atoms with Crippen molar-refractivity contribution in [3.05, 3.63) is 90.3 Å². The monoisotopic (exact) mass is 739 g/mol. The van der Waals surface area contributed by atoms with E-state index in [-0.39, 0.29) is 47.6 Å². The summed E-state index contributed by atoms with van der Waals surface area (Å²) in [6.07, 6.45) is -5.14. The molecule has 0 fully saturated rings. The van der Waals surface area contributed by atoms with E-state index in [1.165, 1.54) is 44.2 Å². The average molecular weight is 740 g/mol. The van der Waals surface area contributed by atoms with Crippen molar-refractivity contribution in [3.63, 3.8) is 0 Å². The number of esters is 2. The normalized spacial score (nSPS) is 12.4. The highest BCUT2D eigenvalue weighted by atomic mass is 19.4. The number of rotatable bonds is 15. The SMILES string of the molecule is CCOC(=O)C(OC(=O)C(F)(F)F)N(Cc1cccc(NC(C)=O)c1)C(=O)C(c1ccc(OC(C)C)c(OCC)c1)N(N)c1ccc2cnccc2c1. The van der Waals surface area contributed by atoms with Gasteiger partial charge < -0.3 is 24.3 Å². The zero-order valence-electron chi connectivity index (χ0n) is 29.7. The number of nitrogens with zero attached hydrogens (tertiary/aromatic N) is 3. The minimum atomic E-state index is -5.54. The number of aromatic nitrogens is 1. The molecule has 0 spiro atoms. The van der Waals surface area contributed by atoms with E-state index in [1.807, 2.05) is 13.8 Å². The first kappa shape index (κ1) is 39.9. The number of pyridine rings is 1. The largest absolute Gasteiger partial charge is 0.491 e. The molecule has 4 aromatic rings. The first-order chi connectivity index (χ1) is 25.1. The molecular formula is C37H40F3N5O8. The van der Waals surface area contributed by atoms with Crippen molar-refractivity contribution in [1.29, 1.82) is 0 Å². The number of carbonyl (C=O) groups excluding carboxylic acids is 4. The van der Waals surface area contributed by atoms with Gasteiger partial charge in [-0.25, -0.2) is 15.4 Å². The molecule has 0 radical (unpaired) electrons. The molecule has 0 aliphatic rings. The van der Waals surface area contributed by atoms with Crippen LogP contribution in [0.25, 0.3) is 10.8 Å². The third-order valence-corrected chi connectivity index (χ3v) is 7.49. The van der Waals surface area contributed by atoms with E-state index in [1.54, 1.807) is 55.7 Å². The van der Waals surface area contributed by atoms with Gasteiger partial charge in [-0.1, -0.05) is 24.3 Å². The summed E-state index contributed by atoms with van der Waals surface area (Å²) >= 11 is 0. The van der Waals surface area contributed by atoms with E-state index in [9.17, 15) is 27.6 Å². The third-order valence-electron chi connectivity index (χ3n) is 7.49. The van der Waals surface area contributed by atoms with E-state index in [0.717, 1.165) is 10.4 Å². The summed E-state index contributed by atoms with van der Waals surface area (Å²) in [5.41, 5.74) is 0.981. The number of nitrogens with one attached hydrogen (secondary N) is 1. The highest BCUT2D eigenvalue weighted by Crippen LogP contribution is 2.36. The molecule has 13 nitrogen and oxygen atoms in total. The van der Waals surface area contributed by atoms with Crippen molar-refractivity contribution < 1.29 is 51.3 Å². The number of halogens is 3. The van der Waals surface area contributed by atoms with Crippen molar-refractivity contribution in [2.75, 3.05) is 23.5 Å². The number of amides is 2. The second kappa shape index (κ2) is 17.5. The van der Waals surface area contributed by atoms with Crippen molar-refractivity contribution in [1.82, 2.24) is 9.88 Å². The van der Waals surface area contributed by atoms with Crippen LogP contribution in [0.4, 0.5) is 24.5 Å². The Morgan fingerprint density at radius 3 is 2.34 bits per heavy atom. The minimum absolute atomic E-state index is 0.175. The fourth-order valence-corrected chi connectivity index (χ4v) is 5.32. The molecule has 282 valence electrons. The zero-order chi connectivity index (χ0) is 38.9. The number of carbonyl (C=O) groups is 4. The molecule has 2 atom stereocenters. The van der Waals surface area contributed by atoms with E-state index in [4.69, 9.17) is 24.8 Å². The molecule has 16 heteroatoms. The van der Waals surface area contributed by atoms with Crippen LogP contribution in [0.3, 0.4) is 0 Å². The van der Waals surface area contributed by atoms with Gasteiger partial charge in [-0.2, -0.15) is 13.2 Å². The van der Waals surface area contributed by atoms with Crippen LogP contribution in [0, 0.1) is 0 Å². The molecule has 1 aromatic heterocycles. The quantitative estimate of drug-likeness (QED) is 0.0654. The fraction of sp³-hybridized carbons (Fsp3) is 0.324. The Bertz CT molecular complexity index is 1940. The van der Waals surface area contributed by atoms with E-state index in [2.05, 4.69) is 10.3 Å². The summed E-state index contributed by atoms with van der Waals surface area (Å²) in [5, 5.41) is 5.11. The lowest BCUT2D eigenvalue weighted by atomic mass is 10.0. The van der Waals surface area contributed by atoms with Crippen LogP contribution in [0.1, 0.15) is 51.8 Å². The van der Waals surface area contributed by atoms with Crippen molar-refractivity contribution >= 4 is 45.9 Å². The second-order valence-electron chi connectivity index (χ2n) is 11.9. The molecule has 53 heavy (non-hydrogen) atoms. The maximum Gasteiger partial charge on any atom is 0.491 e. The van der Waals surface area contributed by atoms with Crippen LogP contribution < -0.4 is 25.6 Å². The van der Waals surface area contributed by atoms with Crippen LogP contribution in [0.5, 0.6) is 11.5 Å². The smallest absolute Gasteiger partial charge is 0.490 e. The summed E-state index contributed by atoms with van der Waals surface area (Å²) in [6, 6.07) is 15.7. The Balaban J connectivity index is 1.96. The van der Waals surface area contributed by atoms with Gasteiger partial charge in [-0.05, 0) is 86.7 Å². The summed E-state index contributed by atoms with van der Waals surface area (Å²) in [4.78, 5) is 57.3. The Kier molecular flexibility index (Phi) is 13.2. The summed E-state index contributed by atoms with van der Waals surface area (Å²) < 4.78 is 62.4. The molecule has 0 aliphatic heterocycles. The molecule has 3 N–H and O–H groups in total. The highest BCUT2D eigenvalue weighted by Gasteiger charge is 2.47. The number of hydrogen-bond acceptors (Lipinski definition) is 11. The van der Waals surface area contributed by atoms with Gasteiger partial charge >= 0.3 is 18.1 Å². The number of nitrogens with two attached hydrogens (primary N) is 1. The zero-order valence-corrected chi connectivity index (χ0v) is 29.7. The molecule has 0 bridgehead atoms. The van der Waals surface area contributed by atoms with Crippen LogP contribution >= 0.6 is 0 Å². The molecule has 3 aromatic carbocycles. The Morgan fingerprint density at radius 1 is 0.925 bits per heavy atom. The topological polar surface area (TPSA) is 163 Å². The van der Waals surface area contributed by atoms with Gasteiger partial charge in [0.25, 0.3) is 12.1 Å². The number of anilines is 2. The average Bonchev–Trinajstić information content (AvgIpc) is 3.10. The standard InChI is InChI=1S/C37H40F3N5O8/c1-6-50-31-19-26(12-14-30(31)52-22(3)4)32(45(41)29-13-11-27-20-42-16-15-25(27)18-29)33(47)44(21-24-9-8-10-28(17-24)43-23(5)46)34(35(48)51-7-2)53-36(49)37(38,39)40/h8-20,22,32,34H,6-7,21,41H2,1-5H3,(H,43,46). The molecule has 0 saturated heterocycles. The van der Waals surface area contributed by atoms with Crippen molar-refractivity contribution in [2.45, 2.75) is 65.7 Å². The van der Waals surface area contributed by atoms with Crippen LogP contribution in [-0.4, -0.2) is 65.4 Å². The minimum Gasteiger partial charge on any atom is -0.490 e. The first-order valence-corrected chi connectivity index (χ1v) is 16.5. The lowest BCUT2D eigenvalue weighted by Crippen LogP contribution is -2.54. The maximum atomic E-state index is 15.1. The van der Waals surface area contributed by atoms with Crippen LogP contribution in [-0.2, 0) is 35.2 Å². The predicted octanol–water partition coefficient (Wildman–Crippen LogP) is 5.82. The van der Waals surface area contributed by atoms with Gasteiger partial charge in [0.15, 0.2) is 11.5 Å². The second-order valence-corrected chi connectivity index (χ2v) is 11.9. The summed E-state index contributed by atoms with van der Waals surface area (Å²) in [6.45, 7) is 7.29. The van der Waals surface area contributed by atoms with Crippen molar-refractivity contribution in [3.8, 4) is 11.5 Å². The molecule has 0 saturated carbocycles. The summed E-state index contributed by atoms with van der Waals surface area (Å²) in [5.74, 6) is 1.66. The molecule has 1 heterocycles. The van der Waals surface area contributed by atoms with Gasteiger partial charge in [0.05, 0.1) is 25.0 Å². The van der Waals surface area contributed by atoms with E-state index < -0.39 is 48.7 Å². The van der Waals surface area contributed by atoms with Gasteiger partial charge in [0.2, 0.25) is 5.91 Å². The Labute approximate surface area is 303 Å². The lowest BCUT2D eigenvalue weighted by molar-refractivity contribution is -0.218. The predicted molar refractivity (Wildman–Crippen MR) is 188 cm³/mol. The molecule has 2 amide bonds. The number of ether oxygens (including phenoxy) is 4. The number of hydrogen-bond donors (Lipinski definition) is 2.